The van der Waals surface area contributed by atoms with E-state index in [4.69, 9.17) is 14.4 Å². The first kappa shape index (κ1) is 26.4. The minimum Gasteiger partial charge on any atom is -0.456 e. The van der Waals surface area contributed by atoms with E-state index in [1.165, 1.54) is 5.39 Å². The van der Waals surface area contributed by atoms with E-state index in [0.717, 1.165) is 88.0 Å². The fourth-order valence-electron chi connectivity index (χ4n) is 7.82. The Balaban J connectivity index is 1.36. The first-order chi connectivity index (χ1) is 24.3. The molecule has 7 aromatic carbocycles. The number of furan rings is 1. The molecule has 11 aromatic rings. The van der Waals surface area contributed by atoms with Gasteiger partial charge in [-0.15, -0.1) is 0 Å². The van der Waals surface area contributed by atoms with Crippen LogP contribution in [0.3, 0.4) is 0 Å². The highest BCUT2D eigenvalue weighted by Crippen LogP contribution is 2.44. The molecule has 4 heterocycles. The van der Waals surface area contributed by atoms with Gasteiger partial charge in [0.25, 0.3) is 0 Å². The summed E-state index contributed by atoms with van der Waals surface area (Å²) in [5.41, 5.74) is 10.0. The lowest BCUT2D eigenvalue weighted by atomic mass is 10.1. The Morgan fingerprint density at radius 3 is 2.00 bits per heavy atom. The SMILES string of the molecule is c1ccc(-c2nc(-n3c4cc5oc6ccccc6c5cc4c4ccc5c(c6ccccc6n5-c5ccccc5)c43)nc3ccccc23)cc1. The van der Waals surface area contributed by atoms with Crippen molar-refractivity contribution in [2.75, 3.05) is 0 Å². The third-order valence-corrected chi connectivity index (χ3v) is 9.91. The van der Waals surface area contributed by atoms with Crippen LogP contribution in [-0.4, -0.2) is 19.1 Å². The zero-order chi connectivity index (χ0) is 32.1. The van der Waals surface area contributed by atoms with Gasteiger partial charge in [0.15, 0.2) is 0 Å². The molecule has 11 rings (SSSR count). The van der Waals surface area contributed by atoms with E-state index < -0.39 is 0 Å². The Morgan fingerprint density at radius 2 is 1.14 bits per heavy atom. The average Bonchev–Trinajstić information content (AvgIpc) is 3.81. The molecule has 0 bridgehead atoms. The van der Waals surface area contributed by atoms with Crippen molar-refractivity contribution in [1.82, 2.24) is 19.1 Å². The van der Waals surface area contributed by atoms with Crippen LogP contribution in [0.1, 0.15) is 0 Å². The molecule has 49 heavy (non-hydrogen) atoms. The standard InChI is InChI=1S/C44H26N4O/c1-3-13-27(14-4-1)42-31-18-7-10-20-35(31)45-44(46-42)48-38-26-40-34(29-17-9-12-22-39(29)49-40)25-33(38)30-23-24-37-41(43(30)48)32-19-8-11-21-36(32)47(37)28-15-5-2-6-16-28/h1-26H. The van der Waals surface area contributed by atoms with E-state index in [1.807, 2.05) is 24.3 Å². The van der Waals surface area contributed by atoms with Gasteiger partial charge < -0.3 is 8.98 Å². The van der Waals surface area contributed by atoms with Crippen molar-refractivity contribution >= 4 is 76.5 Å². The maximum Gasteiger partial charge on any atom is 0.235 e. The number of para-hydroxylation sites is 4. The summed E-state index contributed by atoms with van der Waals surface area (Å²) in [6.45, 7) is 0. The maximum atomic E-state index is 6.47. The van der Waals surface area contributed by atoms with Crippen LogP contribution >= 0.6 is 0 Å². The van der Waals surface area contributed by atoms with Crippen molar-refractivity contribution in [1.29, 1.82) is 0 Å². The van der Waals surface area contributed by atoms with Crippen LogP contribution in [0.2, 0.25) is 0 Å². The van der Waals surface area contributed by atoms with Crippen LogP contribution < -0.4 is 0 Å². The van der Waals surface area contributed by atoms with Gasteiger partial charge in [-0.25, -0.2) is 9.97 Å². The monoisotopic (exact) mass is 626 g/mol. The van der Waals surface area contributed by atoms with Gasteiger partial charge in [0.2, 0.25) is 5.95 Å². The molecule has 0 atom stereocenters. The topological polar surface area (TPSA) is 48.8 Å². The van der Waals surface area contributed by atoms with Gasteiger partial charge in [0.1, 0.15) is 11.2 Å². The number of rotatable bonds is 3. The summed E-state index contributed by atoms with van der Waals surface area (Å²) in [7, 11) is 0. The second kappa shape index (κ2) is 9.89. The van der Waals surface area contributed by atoms with Gasteiger partial charge in [-0.3, -0.25) is 4.57 Å². The van der Waals surface area contributed by atoms with E-state index in [1.54, 1.807) is 0 Å². The molecule has 228 valence electrons. The van der Waals surface area contributed by atoms with Gasteiger partial charge in [-0.2, -0.15) is 0 Å². The molecule has 4 aromatic heterocycles. The second-order valence-corrected chi connectivity index (χ2v) is 12.6. The van der Waals surface area contributed by atoms with Crippen molar-refractivity contribution in [3.63, 3.8) is 0 Å². The third kappa shape index (κ3) is 3.70. The zero-order valence-corrected chi connectivity index (χ0v) is 26.2. The van der Waals surface area contributed by atoms with Crippen molar-refractivity contribution in [3.8, 4) is 22.9 Å². The molecule has 0 saturated heterocycles. The average molecular weight is 627 g/mol. The summed E-state index contributed by atoms with van der Waals surface area (Å²) >= 11 is 0. The first-order valence-corrected chi connectivity index (χ1v) is 16.5. The van der Waals surface area contributed by atoms with Gasteiger partial charge in [0, 0.05) is 55.0 Å². The Hall–Kier alpha value is -6.72. The van der Waals surface area contributed by atoms with E-state index in [2.05, 4.69) is 143 Å². The van der Waals surface area contributed by atoms with Crippen LogP contribution in [0.5, 0.6) is 0 Å². The highest BCUT2D eigenvalue weighted by Gasteiger charge is 2.24. The summed E-state index contributed by atoms with van der Waals surface area (Å²) in [4.78, 5) is 10.7. The number of fused-ring (bicyclic) bond motifs is 11. The number of nitrogens with zero attached hydrogens (tertiary/aromatic N) is 4. The number of benzene rings is 7. The maximum absolute atomic E-state index is 6.47. The fraction of sp³-hybridized carbons (Fsp3) is 0. The number of aromatic nitrogens is 4. The van der Waals surface area contributed by atoms with Crippen LogP contribution in [0.4, 0.5) is 0 Å². The van der Waals surface area contributed by atoms with Crippen LogP contribution in [0.25, 0.3) is 99.3 Å². The van der Waals surface area contributed by atoms with Crippen molar-refractivity contribution < 1.29 is 4.42 Å². The lowest BCUT2D eigenvalue weighted by molar-refractivity contribution is 0.669. The normalized spacial score (nSPS) is 12.1. The van der Waals surface area contributed by atoms with Crippen molar-refractivity contribution in [2.24, 2.45) is 0 Å². The smallest absolute Gasteiger partial charge is 0.235 e. The number of hydrogen-bond donors (Lipinski definition) is 0. The first-order valence-electron chi connectivity index (χ1n) is 16.5. The van der Waals surface area contributed by atoms with E-state index in [0.29, 0.717) is 5.95 Å². The Bertz CT molecular complexity index is 3100. The summed E-state index contributed by atoms with van der Waals surface area (Å²) < 4.78 is 11.1. The van der Waals surface area contributed by atoms with Gasteiger partial charge in [-0.05, 0) is 42.5 Å². The molecular weight excluding hydrogens is 601 g/mol. The van der Waals surface area contributed by atoms with Crippen molar-refractivity contribution in [2.45, 2.75) is 0 Å². The largest absolute Gasteiger partial charge is 0.456 e. The molecule has 0 aliphatic heterocycles. The molecule has 0 fully saturated rings. The molecule has 0 radical (unpaired) electrons. The highest BCUT2D eigenvalue weighted by molar-refractivity contribution is 6.27. The van der Waals surface area contributed by atoms with Crippen molar-refractivity contribution in [3.05, 3.63) is 158 Å². The lowest BCUT2D eigenvalue weighted by Gasteiger charge is -2.12. The molecule has 0 aliphatic carbocycles. The molecule has 0 saturated carbocycles. The van der Waals surface area contributed by atoms with Crippen LogP contribution in [0, 0.1) is 0 Å². The molecule has 0 spiro atoms. The van der Waals surface area contributed by atoms with Crippen LogP contribution in [0.15, 0.2) is 162 Å². The lowest BCUT2D eigenvalue weighted by Crippen LogP contribution is -2.03. The Labute approximate surface area is 279 Å². The summed E-state index contributed by atoms with van der Waals surface area (Å²) in [6, 6.07) is 55.2. The number of hydrogen-bond acceptors (Lipinski definition) is 3. The quantitative estimate of drug-likeness (QED) is 0.196. The summed E-state index contributed by atoms with van der Waals surface area (Å²) in [5.74, 6) is 0.622. The predicted molar refractivity (Wildman–Crippen MR) is 201 cm³/mol. The molecule has 0 amide bonds. The molecule has 0 N–H and O–H groups in total. The molecular formula is C44H26N4O. The minimum atomic E-state index is 0.622. The third-order valence-electron chi connectivity index (χ3n) is 9.91. The van der Waals surface area contributed by atoms with Gasteiger partial charge in [0.05, 0.1) is 33.3 Å². The molecule has 5 nitrogen and oxygen atoms in total. The molecule has 0 unspecified atom stereocenters. The summed E-state index contributed by atoms with van der Waals surface area (Å²) in [6.07, 6.45) is 0. The zero-order valence-electron chi connectivity index (χ0n) is 26.2. The van der Waals surface area contributed by atoms with Crippen LogP contribution in [-0.2, 0) is 0 Å². The fourth-order valence-corrected chi connectivity index (χ4v) is 7.82. The molecule has 5 heteroatoms. The van der Waals surface area contributed by atoms with Gasteiger partial charge >= 0.3 is 0 Å². The summed E-state index contributed by atoms with van der Waals surface area (Å²) in [5, 5.41) is 7.83. The second-order valence-electron chi connectivity index (χ2n) is 12.6. The predicted octanol–water partition coefficient (Wildman–Crippen LogP) is 11.4. The van der Waals surface area contributed by atoms with Gasteiger partial charge in [-0.1, -0.05) is 109 Å². The Morgan fingerprint density at radius 1 is 0.429 bits per heavy atom. The molecule has 0 aliphatic rings. The highest BCUT2D eigenvalue weighted by atomic mass is 16.3. The Kier molecular flexibility index (Phi) is 5.32. The van der Waals surface area contributed by atoms with E-state index >= 15 is 0 Å². The minimum absolute atomic E-state index is 0.622. The van der Waals surface area contributed by atoms with E-state index in [9.17, 15) is 0 Å². The van der Waals surface area contributed by atoms with E-state index in [-0.39, 0.29) is 0 Å².